The third-order valence-electron chi connectivity index (χ3n) is 3.28. The van der Waals surface area contributed by atoms with E-state index in [-0.39, 0.29) is 6.42 Å². The zero-order chi connectivity index (χ0) is 15.2. The van der Waals surface area contributed by atoms with E-state index in [0.717, 1.165) is 16.7 Å². The molecule has 2 aromatic carbocycles. The summed E-state index contributed by atoms with van der Waals surface area (Å²) in [6.07, 6.45) is 0.122. The molecule has 108 valence electrons. The van der Waals surface area contributed by atoms with Crippen molar-refractivity contribution < 1.29 is 19.4 Å². The molecule has 0 aliphatic heterocycles. The van der Waals surface area contributed by atoms with Gasteiger partial charge in [0.15, 0.2) is 5.92 Å². The smallest absolute Gasteiger partial charge is 0.320 e. The van der Waals surface area contributed by atoms with Gasteiger partial charge in [0.25, 0.3) is 0 Å². The molecule has 0 heterocycles. The van der Waals surface area contributed by atoms with Gasteiger partial charge in [-0.05, 0) is 23.1 Å². The SMILES string of the molecule is COC(=O)C(Cc1ccc(-c2ccccc2)cc1)C(=O)O. The van der Waals surface area contributed by atoms with Crippen molar-refractivity contribution in [1.29, 1.82) is 0 Å². The number of aliphatic carboxylic acids is 1. The van der Waals surface area contributed by atoms with Crippen molar-refractivity contribution in [2.75, 3.05) is 7.11 Å². The fraction of sp³-hybridized carbons (Fsp3) is 0.176. The number of hydrogen-bond acceptors (Lipinski definition) is 3. The number of carbonyl (C=O) groups is 2. The molecule has 1 unspecified atom stereocenters. The summed E-state index contributed by atoms with van der Waals surface area (Å²) in [7, 11) is 1.19. The maximum Gasteiger partial charge on any atom is 0.320 e. The molecule has 0 radical (unpaired) electrons. The lowest BCUT2D eigenvalue weighted by Crippen LogP contribution is -2.27. The van der Waals surface area contributed by atoms with Gasteiger partial charge in [0.2, 0.25) is 0 Å². The Morgan fingerprint density at radius 2 is 1.57 bits per heavy atom. The third kappa shape index (κ3) is 3.69. The van der Waals surface area contributed by atoms with Crippen molar-refractivity contribution in [1.82, 2.24) is 0 Å². The number of rotatable bonds is 5. The average molecular weight is 284 g/mol. The predicted molar refractivity (Wildman–Crippen MR) is 78.7 cm³/mol. The Hall–Kier alpha value is -2.62. The number of carbonyl (C=O) groups excluding carboxylic acids is 1. The second-order valence-electron chi connectivity index (χ2n) is 4.68. The summed E-state index contributed by atoms with van der Waals surface area (Å²) in [5.74, 6) is -3.07. The number of benzene rings is 2. The lowest BCUT2D eigenvalue weighted by Gasteiger charge is -2.10. The summed E-state index contributed by atoms with van der Waals surface area (Å²) in [6, 6.07) is 17.4. The summed E-state index contributed by atoms with van der Waals surface area (Å²) in [5.41, 5.74) is 2.92. The highest BCUT2D eigenvalue weighted by molar-refractivity contribution is 5.94. The highest BCUT2D eigenvalue weighted by atomic mass is 16.5. The van der Waals surface area contributed by atoms with Gasteiger partial charge in [-0.25, -0.2) is 0 Å². The second-order valence-corrected chi connectivity index (χ2v) is 4.68. The maximum absolute atomic E-state index is 11.4. The number of esters is 1. The molecule has 2 aromatic rings. The standard InChI is InChI=1S/C17H16O4/c1-21-17(20)15(16(18)19)11-12-7-9-14(10-8-12)13-5-3-2-4-6-13/h2-10,15H,11H2,1H3,(H,18,19). The Labute approximate surface area is 123 Å². The fourth-order valence-corrected chi connectivity index (χ4v) is 2.11. The molecule has 1 atom stereocenters. The molecular formula is C17H16O4. The van der Waals surface area contributed by atoms with Gasteiger partial charge in [0.1, 0.15) is 0 Å². The molecule has 0 amide bonds. The number of ether oxygens (including phenoxy) is 1. The molecular weight excluding hydrogens is 268 g/mol. The lowest BCUT2D eigenvalue weighted by atomic mass is 9.97. The normalized spacial score (nSPS) is 11.7. The van der Waals surface area contributed by atoms with E-state index in [1.54, 1.807) is 0 Å². The van der Waals surface area contributed by atoms with Crippen LogP contribution in [0.1, 0.15) is 5.56 Å². The van der Waals surface area contributed by atoms with Crippen molar-refractivity contribution >= 4 is 11.9 Å². The second kappa shape index (κ2) is 6.70. The maximum atomic E-state index is 11.4. The molecule has 0 saturated heterocycles. The minimum absolute atomic E-state index is 0.122. The van der Waals surface area contributed by atoms with Crippen molar-refractivity contribution in [2.24, 2.45) is 5.92 Å². The van der Waals surface area contributed by atoms with E-state index in [9.17, 15) is 9.59 Å². The number of methoxy groups -OCH3 is 1. The third-order valence-corrected chi connectivity index (χ3v) is 3.28. The first-order valence-corrected chi connectivity index (χ1v) is 6.57. The minimum atomic E-state index is -1.17. The van der Waals surface area contributed by atoms with Crippen LogP contribution in [0.3, 0.4) is 0 Å². The van der Waals surface area contributed by atoms with Crippen molar-refractivity contribution in [3.8, 4) is 11.1 Å². The highest BCUT2D eigenvalue weighted by Gasteiger charge is 2.27. The van der Waals surface area contributed by atoms with Gasteiger partial charge in [0, 0.05) is 0 Å². The molecule has 1 N–H and O–H groups in total. The van der Waals surface area contributed by atoms with Gasteiger partial charge < -0.3 is 9.84 Å². The summed E-state index contributed by atoms with van der Waals surface area (Å²) >= 11 is 0. The van der Waals surface area contributed by atoms with Gasteiger partial charge in [-0.1, -0.05) is 54.6 Å². The lowest BCUT2D eigenvalue weighted by molar-refractivity contribution is -0.156. The number of carboxylic acid groups (broad SMARTS) is 1. The molecule has 4 nitrogen and oxygen atoms in total. The van der Waals surface area contributed by atoms with Crippen LogP contribution in [-0.4, -0.2) is 24.2 Å². The monoisotopic (exact) mass is 284 g/mol. The van der Waals surface area contributed by atoms with Crippen LogP contribution >= 0.6 is 0 Å². The Morgan fingerprint density at radius 1 is 1.00 bits per heavy atom. The Morgan fingerprint density at radius 3 is 2.10 bits per heavy atom. The van der Waals surface area contributed by atoms with Crippen molar-refractivity contribution in [3.63, 3.8) is 0 Å². The summed E-state index contributed by atoms with van der Waals surface area (Å²) < 4.78 is 4.52. The van der Waals surface area contributed by atoms with E-state index in [2.05, 4.69) is 4.74 Å². The minimum Gasteiger partial charge on any atom is -0.481 e. The van der Waals surface area contributed by atoms with E-state index in [1.807, 2.05) is 54.6 Å². The van der Waals surface area contributed by atoms with Gasteiger partial charge >= 0.3 is 11.9 Å². The van der Waals surface area contributed by atoms with Crippen molar-refractivity contribution in [2.45, 2.75) is 6.42 Å². The van der Waals surface area contributed by atoms with E-state index < -0.39 is 17.9 Å². The van der Waals surface area contributed by atoms with Crippen LogP contribution in [0.2, 0.25) is 0 Å². The molecule has 4 heteroatoms. The summed E-state index contributed by atoms with van der Waals surface area (Å²) in [4.78, 5) is 22.5. The van der Waals surface area contributed by atoms with E-state index in [4.69, 9.17) is 5.11 Å². The van der Waals surface area contributed by atoms with Crippen LogP contribution in [0.25, 0.3) is 11.1 Å². The molecule has 0 bridgehead atoms. The molecule has 0 fully saturated rings. The first kappa shape index (κ1) is 14.8. The van der Waals surface area contributed by atoms with E-state index in [1.165, 1.54) is 7.11 Å². The van der Waals surface area contributed by atoms with Crippen molar-refractivity contribution in [3.05, 3.63) is 60.2 Å². The molecule has 0 aliphatic rings. The largest absolute Gasteiger partial charge is 0.481 e. The quantitative estimate of drug-likeness (QED) is 0.677. The summed E-state index contributed by atoms with van der Waals surface area (Å²) in [5, 5.41) is 9.07. The van der Waals surface area contributed by atoms with Crippen LogP contribution < -0.4 is 0 Å². The van der Waals surface area contributed by atoms with E-state index >= 15 is 0 Å². The average Bonchev–Trinajstić information content (AvgIpc) is 2.53. The van der Waals surface area contributed by atoms with Crippen LogP contribution in [0.15, 0.2) is 54.6 Å². The molecule has 2 rings (SSSR count). The van der Waals surface area contributed by atoms with Crippen LogP contribution in [0.5, 0.6) is 0 Å². The Balaban J connectivity index is 2.15. The van der Waals surface area contributed by atoms with Crippen LogP contribution in [0, 0.1) is 5.92 Å². The zero-order valence-corrected chi connectivity index (χ0v) is 11.7. The van der Waals surface area contributed by atoms with Crippen LogP contribution in [0.4, 0.5) is 0 Å². The first-order chi connectivity index (χ1) is 10.1. The molecule has 0 spiro atoms. The first-order valence-electron chi connectivity index (χ1n) is 6.57. The fourth-order valence-electron chi connectivity index (χ4n) is 2.11. The highest BCUT2D eigenvalue weighted by Crippen LogP contribution is 2.20. The zero-order valence-electron chi connectivity index (χ0n) is 11.7. The topological polar surface area (TPSA) is 63.6 Å². The van der Waals surface area contributed by atoms with Gasteiger partial charge in [-0.15, -0.1) is 0 Å². The van der Waals surface area contributed by atoms with Gasteiger partial charge in [-0.2, -0.15) is 0 Å². The molecule has 0 aromatic heterocycles. The van der Waals surface area contributed by atoms with Gasteiger partial charge in [-0.3, -0.25) is 9.59 Å². The Kier molecular flexibility index (Phi) is 4.72. The predicted octanol–water partition coefficient (Wildman–Crippen LogP) is 2.77. The number of carboxylic acids is 1. The van der Waals surface area contributed by atoms with E-state index in [0.29, 0.717) is 0 Å². The Bertz CT molecular complexity index is 617. The molecule has 0 saturated carbocycles. The van der Waals surface area contributed by atoms with Gasteiger partial charge in [0.05, 0.1) is 7.11 Å². The molecule has 21 heavy (non-hydrogen) atoms. The number of hydrogen-bond donors (Lipinski definition) is 1. The van der Waals surface area contributed by atoms with Crippen LogP contribution in [-0.2, 0) is 20.7 Å². The molecule has 0 aliphatic carbocycles. The summed E-state index contributed by atoms with van der Waals surface area (Å²) in [6.45, 7) is 0.